The molecule has 0 aliphatic carbocycles. The molecule has 2 N–H and O–H groups in total. The normalized spacial score (nSPS) is 10.8. The number of fused-ring (bicyclic) bond motifs is 1. The van der Waals surface area contributed by atoms with Gasteiger partial charge in [0.25, 0.3) is 0 Å². The molecule has 100 valence electrons. The molecule has 1 heterocycles. The predicted molar refractivity (Wildman–Crippen MR) is 76.3 cm³/mol. The molecule has 5 heteroatoms. The van der Waals surface area contributed by atoms with Gasteiger partial charge in [0.05, 0.1) is 10.9 Å². The fourth-order valence-corrected chi connectivity index (χ4v) is 2.14. The van der Waals surface area contributed by atoms with Crippen molar-refractivity contribution in [3.63, 3.8) is 0 Å². The number of halogens is 1. The number of hydrogen-bond donors (Lipinski definition) is 2. The van der Waals surface area contributed by atoms with Crippen LogP contribution in [0.3, 0.4) is 0 Å². The molecule has 0 bridgehead atoms. The van der Waals surface area contributed by atoms with Crippen LogP contribution in [-0.2, 0) is 0 Å². The molecule has 1 aromatic heterocycles. The van der Waals surface area contributed by atoms with Crippen LogP contribution in [0.2, 0.25) is 5.02 Å². The molecule has 0 saturated heterocycles. The largest absolute Gasteiger partial charge is 0.508 e. The van der Waals surface area contributed by atoms with E-state index in [1.54, 1.807) is 24.3 Å². The molecule has 0 amide bonds. The molecule has 0 atom stereocenters. The summed E-state index contributed by atoms with van der Waals surface area (Å²) in [5.74, 6) is -0.323. The summed E-state index contributed by atoms with van der Waals surface area (Å²) in [6, 6.07) is 10.7. The van der Waals surface area contributed by atoms with Crippen LogP contribution in [0.4, 0.5) is 0 Å². The van der Waals surface area contributed by atoms with Crippen LogP contribution >= 0.6 is 11.6 Å². The molecule has 2 aromatic carbocycles. The Morgan fingerprint density at radius 1 is 1.00 bits per heavy atom. The molecule has 0 aliphatic heterocycles. The van der Waals surface area contributed by atoms with Crippen LogP contribution < -0.4 is 5.63 Å². The summed E-state index contributed by atoms with van der Waals surface area (Å²) in [6.45, 7) is 0. The monoisotopic (exact) mass is 288 g/mol. The molecule has 0 unspecified atom stereocenters. The summed E-state index contributed by atoms with van der Waals surface area (Å²) in [6.07, 6.45) is 0. The van der Waals surface area contributed by atoms with E-state index in [4.69, 9.17) is 16.0 Å². The van der Waals surface area contributed by atoms with Gasteiger partial charge in [-0.05, 0) is 23.8 Å². The summed E-state index contributed by atoms with van der Waals surface area (Å²) in [4.78, 5) is 12.0. The number of benzene rings is 2. The minimum atomic E-state index is -0.551. The van der Waals surface area contributed by atoms with Gasteiger partial charge in [-0.25, -0.2) is 4.79 Å². The number of aromatic hydroxyl groups is 2. The second-order valence-electron chi connectivity index (χ2n) is 4.33. The van der Waals surface area contributed by atoms with E-state index in [9.17, 15) is 15.0 Å². The summed E-state index contributed by atoms with van der Waals surface area (Å²) >= 11 is 5.81. The first-order valence-corrected chi connectivity index (χ1v) is 6.18. The molecule has 3 aromatic rings. The highest BCUT2D eigenvalue weighted by atomic mass is 35.5. The van der Waals surface area contributed by atoms with Crippen LogP contribution in [0.5, 0.6) is 11.5 Å². The number of phenols is 2. The highest BCUT2D eigenvalue weighted by Gasteiger charge is 2.11. The quantitative estimate of drug-likeness (QED) is 0.672. The Morgan fingerprint density at radius 3 is 2.40 bits per heavy atom. The fraction of sp³-hybridized carbons (Fsp3) is 0. The van der Waals surface area contributed by atoms with Crippen LogP contribution in [0, 0.1) is 0 Å². The van der Waals surface area contributed by atoms with E-state index in [2.05, 4.69) is 0 Å². The van der Waals surface area contributed by atoms with E-state index < -0.39 is 5.63 Å². The molecule has 0 aliphatic rings. The van der Waals surface area contributed by atoms with Gasteiger partial charge in [-0.15, -0.1) is 0 Å². The Balaban J connectivity index is 2.29. The van der Waals surface area contributed by atoms with Gasteiger partial charge in [0, 0.05) is 17.2 Å². The topological polar surface area (TPSA) is 70.7 Å². The molecule has 0 saturated carbocycles. The maximum Gasteiger partial charge on any atom is 0.344 e. The predicted octanol–water partition coefficient (Wildman–Crippen LogP) is 3.52. The summed E-state index contributed by atoms with van der Waals surface area (Å²) in [5, 5.41) is 20.1. The van der Waals surface area contributed by atoms with E-state index in [-0.39, 0.29) is 17.1 Å². The number of phenolic OH excluding ortho intramolecular Hbond substituents is 2. The van der Waals surface area contributed by atoms with Gasteiger partial charge in [0.1, 0.15) is 17.1 Å². The van der Waals surface area contributed by atoms with Gasteiger partial charge in [-0.3, -0.25) is 0 Å². The lowest BCUT2D eigenvalue weighted by molar-refractivity contribution is 0.451. The first kappa shape index (κ1) is 12.6. The van der Waals surface area contributed by atoms with Crippen LogP contribution in [-0.4, -0.2) is 10.2 Å². The maximum absolute atomic E-state index is 12.0. The van der Waals surface area contributed by atoms with E-state index in [1.807, 2.05) is 0 Å². The molecule has 20 heavy (non-hydrogen) atoms. The standard InChI is InChI=1S/C15H9ClO4/c16-9-3-1-8(2-4-9)11-7-12-13(18)5-10(17)6-14(12)20-15(11)19/h1-7,17-18H. The highest BCUT2D eigenvalue weighted by Crippen LogP contribution is 2.31. The van der Waals surface area contributed by atoms with Crippen molar-refractivity contribution in [1.29, 1.82) is 0 Å². The van der Waals surface area contributed by atoms with Crippen LogP contribution in [0.1, 0.15) is 0 Å². The number of hydrogen-bond acceptors (Lipinski definition) is 4. The summed E-state index contributed by atoms with van der Waals surface area (Å²) in [7, 11) is 0. The van der Waals surface area contributed by atoms with Gasteiger partial charge in [-0.1, -0.05) is 23.7 Å². The van der Waals surface area contributed by atoms with E-state index in [0.717, 1.165) is 0 Å². The van der Waals surface area contributed by atoms with Gasteiger partial charge in [-0.2, -0.15) is 0 Å². The average Bonchev–Trinajstić information content (AvgIpc) is 2.39. The molecule has 0 radical (unpaired) electrons. The van der Waals surface area contributed by atoms with Gasteiger partial charge >= 0.3 is 5.63 Å². The summed E-state index contributed by atoms with van der Waals surface area (Å²) < 4.78 is 5.13. The Labute approximate surface area is 118 Å². The Hall–Kier alpha value is -2.46. The van der Waals surface area contributed by atoms with Gasteiger partial charge in [0.15, 0.2) is 0 Å². The molecule has 4 nitrogen and oxygen atoms in total. The molecular weight excluding hydrogens is 280 g/mol. The number of rotatable bonds is 1. The fourth-order valence-electron chi connectivity index (χ4n) is 2.02. The SMILES string of the molecule is O=c1oc2cc(O)cc(O)c2cc1-c1ccc(Cl)cc1. The molecule has 0 fully saturated rings. The van der Waals surface area contributed by atoms with Gasteiger partial charge < -0.3 is 14.6 Å². The minimum absolute atomic E-state index is 0.130. The Bertz CT molecular complexity index is 850. The van der Waals surface area contributed by atoms with Crippen molar-refractivity contribution >= 4 is 22.6 Å². The molecule has 0 spiro atoms. The van der Waals surface area contributed by atoms with Gasteiger partial charge in [0.2, 0.25) is 0 Å². The van der Waals surface area contributed by atoms with Crippen LogP contribution in [0.25, 0.3) is 22.1 Å². The van der Waals surface area contributed by atoms with Crippen LogP contribution in [0.15, 0.2) is 51.7 Å². The lowest BCUT2D eigenvalue weighted by Crippen LogP contribution is -2.02. The lowest BCUT2D eigenvalue weighted by atomic mass is 10.1. The smallest absolute Gasteiger partial charge is 0.344 e. The van der Waals surface area contributed by atoms with Crippen molar-refractivity contribution in [3.05, 3.63) is 57.9 Å². The third kappa shape index (κ3) is 2.10. The third-order valence-corrected chi connectivity index (χ3v) is 3.22. The van der Waals surface area contributed by atoms with Crippen molar-refractivity contribution in [2.24, 2.45) is 0 Å². The van der Waals surface area contributed by atoms with Crippen molar-refractivity contribution in [2.45, 2.75) is 0 Å². The first-order chi connectivity index (χ1) is 9.54. The molecule has 3 rings (SSSR count). The Morgan fingerprint density at radius 2 is 1.70 bits per heavy atom. The van der Waals surface area contributed by atoms with Crippen molar-refractivity contribution < 1.29 is 14.6 Å². The highest BCUT2D eigenvalue weighted by molar-refractivity contribution is 6.30. The zero-order chi connectivity index (χ0) is 14.3. The average molecular weight is 289 g/mol. The maximum atomic E-state index is 12.0. The Kier molecular flexibility index (Phi) is 2.88. The first-order valence-electron chi connectivity index (χ1n) is 5.80. The third-order valence-electron chi connectivity index (χ3n) is 2.97. The van der Waals surface area contributed by atoms with E-state index in [1.165, 1.54) is 18.2 Å². The zero-order valence-electron chi connectivity index (χ0n) is 10.1. The lowest BCUT2D eigenvalue weighted by Gasteiger charge is -2.05. The second-order valence-corrected chi connectivity index (χ2v) is 4.77. The van der Waals surface area contributed by atoms with E-state index in [0.29, 0.717) is 21.5 Å². The van der Waals surface area contributed by atoms with E-state index >= 15 is 0 Å². The van der Waals surface area contributed by atoms with Crippen molar-refractivity contribution in [2.75, 3.05) is 0 Å². The molecular formula is C15H9ClO4. The van der Waals surface area contributed by atoms with Crippen molar-refractivity contribution in [1.82, 2.24) is 0 Å². The van der Waals surface area contributed by atoms with Crippen molar-refractivity contribution in [3.8, 4) is 22.6 Å². The summed E-state index contributed by atoms with van der Waals surface area (Å²) in [5.41, 5.74) is 0.530. The minimum Gasteiger partial charge on any atom is -0.508 e. The second kappa shape index (κ2) is 4.58. The zero-order valence-corrected chi connectivity index (χ0v) is 10.9.